The first-order valence-electron chi connectivity index (χ1n) is 5.76. The number of ether oxygens (including phenoxy) is 1. The second-order valence-corrected chi connectivity index (χ2v) is 3.99. The number of amidine groups is 1. The number of nitrogens with two attached hydrogens (primary N) is 1. The molecule has 0 spiro atoms. The third-order valence-electron chi connectivity index (χ3n) is 2.57. The van der Waals surface area contributed by atoms with Crippen molar-refractivity contribution < 1.29 is 20.2 Å². The topological polar surface area (TPSA) is 120 Å². The molecule has 106 valence electrons. The van der Waals surface area contributed by atoms with Gasteiger partial charge in [-0.3, -0.25) is 0 Å². The number of hydrogen-bond donors (Lipinski definition) is 5. The summed E-state index contributed by atoms with van der Waals surface area (Å²) < 4.78 is 5.17. The molecule has 0 saturated heterocycles. The molecule has 0 aliphatic carbocycles. The molecule has 1 rings (SSSR count). The van der Waals surface area contributed by atoms with Gasteiger partial charge in [0.15, 0.2) is 5.84 Å². The average molecular weight is 269 g/mol. The monoisotopic (exact) mass is 269 g/mol. The summed E-state index contributed by atoms with van der Waals surface area (Å²) >= 11 is 0. The first-order chi connectivity index (χ1) is 9.12. The van der Waals surface area contributed by atoms with E-state index < -0.39 is 6.10 Å². The van der Waals surface area contributed by atoms with Crippen LogP contribution in [-0.2, 0) is 6.54 Å². The first kappa shape index (κ1) is 15.2. The largest absolute Gasteiger partial charge is 0.496 e. The highest BCUT2D eigenvalue weighted by Crippen LogP contribution is 2.19. The lowest BCUT2D eigenvalue weighted by Crippen LogP contribution is -2.29. The zero-order valence-corrected chi connectivity index (χ0v) is 10.7. The van der Waals surface area contributed by atoms with Crippen LogP contribution >= 0.6 is 0 Å². The summed E-state index contributed by atoms with van der Waals surface area (Å²) in [6.45, 7) is 0.517. The van der Waals surface area contributed by atoms with Crippen LogP contribution in [-0.4, -0.2) is 47.6 Å². The van der Waals surface area contributed by atoms with Crippen LogP contribution in [0.1, 0.15) is 11.1 Å². The highest BCUT2D eigenvalue weighted by atomic mass is 16.5. The molecule has 0 amide bonds. The zero-order valence-electron chi connectivity index (χ0n) is 10.7. The van der Waals surface area contributed by atoms with Gasteiger partial charge in [0.1, 0.15) is 5.75 Å². The SMILES string of the molecule is COc1cc(CNCC(O)CO)ccc1/C(N)=N/O. The van der Waals surface area contributed by atoms with Crippen molar-refractivity contribution in [3.05, 3.63) is 29.3 Å². The van der Waals surface area contributed by atoms with Crippen LogP contribution in [0.15, 0.2) is 23.4 Å². The quantitative estimate of drug-likeness (QED) is 0.192. The van der Waals surface area contributed by atoms with Crippen molar-refractivity contribution in [3.63, 3.8) is 0 Å². The Morgan fingerprint density at radius 2 is 2.26 bits per heavy atom. The molecule has 0 aromatic heterocycles. The van der Waals surface area contributed by atoms with Crippen molar-refractivity contribution in [3.8, 4) is 5.75 Å². The summed E-state index contributed by atoms with van der Waals surface area (Å²) in [7, 11) is 1.50. The van der Waals surface area contributed by atoms with Crippen LogP contribution in [0.25, 0.3) is 0 Å². The van der Waals surface area contributed by atoms with Crippen molar-refractivity contribution in [2.24, 2.45) is 10.9 Å². The van der Waals surface area contributed by atoms with Crippen LogP contribution in [0.5, 0.6) is 5.75 Å². The van der Waals surface area contributed by atoms with Gasteiger partial charge in [0.2, 0.25) is 0 Å². The minimum absolute atomic E-state index is 0.0212. The molecule has 1 unspecified atom stereocenters. The van der Waals surface area contributed by atoms with Gasteiger partial charge in [-0.2, -0.15) is 0 Å². The van der Waals surface area contributed by atoms with Gasteiger partial charge in [-0.25, -0.2) is 0 Å². The van der Waals surface area contributed by atoms with Crippen molar-refractivity contribution >= 4 is 5.84 Å². The van der Waals surface area contributed by atoms with Gasteiger partial charge in [-0.15, -0.1) is 0 Å². The van der Waals surface area contributed by atoms with E-state index >= 15 is 0 Å². The zero-order chi connectivity index (χ0) is 14.3. The van der Waals surface area contributed by atoms with Crippen molar-refractivity contribution in [2.45, 2.75) is 12.6 Å². The van der Waals surface area contributed by atoms with E-state index in [0.717, 1.165) is 5.56 Å². The van der Waals surface area contributed by atoms with Gasteiger partial charge in [0.05, 0.1) is 25.4 Å². The first-order valence-corrected chi connectivity index (χ1v) is 5.76. The Kier molecular flexibility index (Phi) is 6.07. The van der Waals surface area contributed by atoms with Crippen LogP contribution in [0.2, 0.25) is 0 Å². The van der Waals surface area contributed by atoms with E-state index in [4.69, 9.17) is 20.8 Å². The third kappa shape index (κ3) is 4.40. The van der Waals surface area contributed by atoms with E-state index in [1.54, 1.807) is 18.2 Å². The maximum atomic E-state index is 9.19. The highest BCUT2D eigenvalue weighted by molar-refractivity contribution is 5.99. The lowest BCUT2D eigenvalue weighted by Gasteiger charge is -2.11. The number of aliphatic hydroxyl groups is 2. The summed E-state index contributed by atoms with van der Waals surface area (Å²) in [5, 5.41) is 32.4. The molecule has 19 heavy (non-hydrogen) atoms. The van der Waals surface area contributed by atoms with Crippen LogP contribution in [0.3, 0.4) is 0 Å². The number of methoxy groups -OCH3 is 1. The summed E-state index contributed by atoms with van der Waals surface area (Å²) in [5.41, 5.74) is 6.94. The molecular formula is C12H19N3O4. The fourth-order valence-corrected chi connectivity index (χ4v) is 1.56. The normalized spacial score (nSPS) is 13.3. The molecule has 0 fully saturated rings. The van der Waals surface area contributed by atoms with Crippen molar-refractivity contribution in [2.75, 3.05) is 20.3 Å². The highest BCUT2D eigenvalue weighted by Gasteiger charge is 2.09. The van der Waals surface area contributed by atoms with E-state index in [1.807, 2.05) is 0 Å². The summed E-state index contributed by atoms with van der Waals surface area (Å²) in [6, 6.07) is 5.24. The number of rotatable bonds is 7. The van der Waals surface area contributed by atoms with Crippen molar-refractivity contribution in [1.29, 1.82) is 0 Å². The Hall–Kier alpha value is -1.83. The molecule has 0 heterocycles. The Morgan fingerprint density at radius 3 is 2.84 bits per heavy atom. The molecule has 0 bridgehead atoms. The lowest BCUT2D eigenvalue weighted by atomic mass is 10.1. The Morgan fingerprint density at radius 1 is 1.53 bits per heavy atom. The molecule has 0 radical (unpaired) electrons. The standard InChI is InChI=1S/C12H19N3O4/c1-19-11-4-8(5-14-6-9(17)7-16)2-3-10(11)12(13)15-18/h2-4,9,14,16-18H,5-7H2,1H3,(H2,13,15). The van der Waals surface area contributed by atoms with Crippen LogP contribution < -0.4 is 15.8 Å². The molecule has 0 saturated carbocycles. The van der Waals surface area contributed by atoms with E-state index in [9.17, 15) is 5.11 Å². The van der Waals surface area contributed by atoms with E-state index in [0.29, 0.717) is 24.4 Å². The average Bonchev–Trinajstić information content (AvgIpc) is 2.45. The van der Waals surface area contributed by atoms with Gasteiger partial charge in [-0.1, -0.05) is 11.2 Å². The molecule has 1 aromatic carbocycles. The molecule has 0 aliphatic rings. The minimum Gasteiger partial charge on any atom is -0.496 e. The van der Waals surface area contributed by atoms with Crippen LogP contribution in [0, 0.1) is 0 Å². The second-order valence-electron chi connectivity index (χ2n) is 3.99. The fourth-order valence-electron chi connectivity index (χ4n) is 1.56. The molecule has 6 N–H and O–H groups in total. The lowest BCUT2D eigenvalue weighted by molar-refractivity contribution is 0.0942. The Bertz CT molecular complexity index is 437. The smallest absolute Gasteiger partial charge is 0.173 e. The Balaban J connectivity index is 2.72. The second kappa shape index (κ2) is 7.57. The summed E-state index contributed by atoms with van der Waals surface area (Å²) in [4.78, 5) is 0. The number of nitrogens with one attached hydrogen (secondary N) is 1. The summed E-state index contributed by atoms with van der Waals surface area (Å²) in [6.07, 6.45) is -0.779. The molecule has 1 atom stereocenters. The predicted octanol–water partition coefficient (Wildman–Crippen LogP) is -0.767. The molecule has 0 aliphatic heterocycles. The predicted molar refractivity (Wildman–Crippen MR) is 70.3 cm³/mol. The van der Waals surface area contributed by atoms with Gasteiger partial charge in [0, 0.05) is 13.1 Å². The maximum Gasteiger partial charge on any atom is 0.173 e. The number of benzene rings is 1. The van der Waals surface area contributed by atoms with Gasteiger partial charge in [0.25, 0.3) is 0 Å². The molecular weight excluding hydrogens is 250 g/mol. The van der Waals surface area contributed by atoms with Gasteiger partial charge >= 0.3 is 0 Å². The van der Waals surface area contributed by atoms with Gasteiger partial charge < -0.3 is 31.2 Å². The van der Waals surface area contributed by atoms with Gasteiger partial charge in [-0.05, 0) is 17.7 Å². The van der Waals surface area contributed by atoms with Crippen LogP contribution in [0.4, 0.5) is 0 Å². The number of oxime groups is 1. The number of aliphatic hydroxyl groups excluding tert-OH is 2. The molecule has 1 aromatic rings. The summed E-state index contributed by atoms with van der Waals surface area (Å²) in [5.74, 6) is 0.476. The number of hydrogen-bond acceptors (Lipinski definition) is 6. The Labute approximate surface area is 111 Å². The molecule has 7 nitrogen and oxygen atoms in total. The minimum atomic E-state index is -0.779. The van der Waals surface area contributed by atoms with E-state index in [1.165, 1.54) is 7.11 Å². The van der Waals surface area contributed by atoms with E-state index in [2.05, 4.69) is 10.5 Å². The van der Waals surface area contributed by atoms with Crippen molar-refractivity contribution in [1.82, 2.24) is 5.32 Å². The maximum absolute atomic E-state index is 9.19. The fraction of sp³-hybridized carbons (Fsp3) is 0.417. The number of nitrogens with zero attached hydrogens (tertiary/aromatic N) is 1. The molecule has 7 heteroatoms. The van der Waals surface area contributed by atoms with E-state index in [-0.39, 0.29) is 12.4 Å². The third-order valence-corrected chi connectivity index (χ3v) is 2.57.